The highest BCUT2D eigenvalue weighted by Gasteiger charge is 2.14. The molecule has 0 amide bonds. The highest BCUT2D eigenvalue weighted by Crippen LogP contribution is 2.34. The smallest absolute Gasteiger partial charge is 0.162 e. The largest absolute Gasteiger partial charge is 0.504 e. The quantitative estimate of drug-likeness (QED) is 0.667. The fourth-order valence-electron chi connectivity index (χ4n) is 1.77. The second-order valence-electron chi connectivity index (χ2n) is 4.02. The Morgan fingerprint density at radius 2 is 2.06 bits per heavy atom. The molecule has 1 aromatic carbocycles. The minimum atomic E-state index is -0.165. The van der Waals surface area contributed by atoms with Crippen molar-refractivity contribution in [2.24, 2.45) is 11.5 Å². The number of aromatic hydroxyl groups is 1. The number of ether oxygens (including phenoxy) is 1. The Labute approximate surface area is 115 Å². The van der Waals surface area contributed by atoms with Gasteiger partial charge in [0, 0.05) is 11.6 Å². The van der Waals surface area contributed by atoms with Gasteiger partial charge < -0.3 is 21.3 Å². The molecular formula is C13H23ClN2O2. The summed E-state index contributed by atoms with van der Waals surface area (Å²) in [5, 5.41) is 10.0. The summed E-state index contributed by atoms with van der Waals surface area (Å²) in [6.07, 6.45) is 2.75. The van der Waals surface area contributed by atoms with E-state index in [0.29, 0.717) is 18.9 Å². The lowest BCUT2D eigenvalue weighted by atomic mass is 10.0. The maximum Gasteiger partial charge on any atom is 0.162 e. The number of benzene rings is 1. The van der Waals surface area contributed by atoms with Crippen molar-refractivity contribution in [2.75, 3.05) is 13.2 Å². The summed E-state index contributed by atoms with van der Waals surface area (Å²) >= 11 is 0. The van der Waals surface area contributed by atoms with Crippen molar-refractivity contribution < 1.29 is 9.84 Å². The molecule has 0 radical (unpaired) electrons. The van der Waals surface area contributed by atoms with Crippen LogP contribution in [0.4, 0.5) is 0 Å². The van der Waals surface area contributed by atoms with Crippen molar-refractivity contribution in [3.8, 4) is 11.5 Å². The lowest BCUT2D eigenvalue weighted by molar-refractivity contribution is 0.315. The molecule has 1 rings (SSSR count). The van der Waals surface area contributed by atoms with E-state index in [1.807, 2.05) is 19.1 Å². The van der Waals surface area contributed by atoms with Gasteiger partial charge in [-0.25, -0.2) is 0 Å². The molecule has 5 heteroatoms. The monoisotopic (exact) mass is 274 g/mol. The predicted molar refractivity (Wildman–Crippen MR) is 76.4 cm³/mol. The molecular weight excluding hydrogens is 252 g/mol. The van der Waals surface area contributed by atoms with Crippen LogP contribution < -0.4 is 16.2 Å². The standard InChI is InChI=1S/C13H22N2O2.ClH/c1-2-17-12-8-5-6-10(13(12)16)11(15)7-3-4-9-14;/h5-6,8,11,16H,2-4,7,9,14-15H2,1H3;1H/t11-;/m1./s1. The summed E-state index contributed by atoms with van der Waals surface area (Å²) in [5.41, 5.74) is 12.2. The number of para-hydroxylation sites is 1. The first-order chi connectivity index (χ1) is 8.20. The number of hydrogen-bond donors (Lipinski definition) is 3. The van der Waals surface area contributed by atoms with Crippen molar-refractivity contribution >= 4 is 12.4 Å². The Hall–Kier alpha value is -0.970. The SMILES string of the molecule is CCOc1cccc([C@H](N)CCCCN)c1O.Cl. The van der Waals surface area contributed by atoms with Gasteiger partial charge in [-0.2, -0.15) is 0 Å². The summed E-state index contributed by atoms with van der Waals surface area (Å²) in [6, 6.07) is 5.27. The number of unbranched alkanes of at least 4 members (excludes halogenated alkanes) is 1. The zero-order chi connectivity index (χ0) is 12.7. The topological polar surface area (TPSA) is 81.5 Å². The van der Waals surface area contributed by atoms with Crippen LogP contribution in [-0.4, -0.2) is 18.3 Å². The van der Waals surface area contributed by atoms with Gasteiger partial charge in [0.05, 0.1) is 6.61 Å². The summed E-state index contributed by atoms with van der Waals surface area (Å²) in [6.45, 7) is 3.09. The summed E-state index contributed by atoms with van der Waals surface area (Å²) in [7, 11) is 0. The van der Waals surface area contributed by atoms with Crippen LogP contribution in [0.5, 0.6) is 11.5 Å². The maximum absolute atomic E-state index is 10.0. The van der Waals surface area contributed by atoms with Crippen molar-refractivity contribution in [2.45, 2.75) is 32.2 Å². The van der Waals surface area contributed by atoms with Crippen molar-refractivity contribution in [3.63, 3.8) is 0 Å². The average molecular weight is 275 g/mol. The Kier molecular flexibility index (Phi) is 8.54. The predicted octanol–water partition coefficient (Wildman–Crippen LogP) is 2.34. The van der Waals surface area contributed by atoms with E-state index < -0.39 is 0 Å². The van der Waals surface area contributed by atoms with E-state index in [4.69, 9.17) is 16.2 Å². The fraction of sp³-hybridized carbons (Fsp3) is 0.538. The third kappa shape index (κ3) is 4.72. The molecule has 5 N–H and O–H groups in total. The van der Waals surface area contributed by atoms with E-state index in [1.54, 1.807) is 6.07 Å². The van der Waals surface area contributed by atoms with Gasteiger partial charge in [0.2, 0.25) is 0 Å². The first-order valence-corrected chi connectivity index (χ1v) is 6.11. The van der Waals surface area contributed by atoms with Crippen LogP contribution in [0.15, 0.2) is 18.2 Å². The molecule has 0 aliphatic carbocycles. The van der Waals surface area contributed by atoms with Crippen LogP contribution in [0, 0.1) is 0 Å². The maximum atomic E-state index is 10.0. The van der Waals surface area contributed by atoms with Crippen LogP contribution in [0.3, 0.4) is 0 Å². The molecule has 0 saturated heterocycles. The molecule has 0 fully saturated rings. The molecule has 4 nitrogen and oxygen atoms in total. The number of rotatable bonds is 7. The lowest BCUT2D eigenvalue weighted by Gasteiger charge is -2.15. The number of phenols is 1. The van der Waals surface area contributed by atoms with Crippen LogP contribution in [0.1, 0.15) is 37.8 Å². The van der Waals surface area contributed by atoms with Crippen LogP contribution >= 0.6 is 12.4 Å². The number of nitrogens with two attached hydrogens (primary N) is 2. The molecule has 0 aliphatic heterocycles. The van der Waals surface area contributed by atoms with Gasteiger partial charge in [-0.3, -0.25) is 0 Å². The molecule has 1 atom stereocenters. The molecule has 104 valence electrons. The molecule has 0 aliphatic rings. The Morgan fingerprint density at radius 3 is 2.67 bits per heavy atom. The van der Waals surface area contributed by atoms with Crippen LogP contribution in [0.2, 0.25) is 0 Å². The molecule has 0 heterocycles. The summed E-state index contributed by atoms with van der Waals surface area (Å²) in [4.78, 5) is 0. The first kappa shape index (κ1) is 17.0. The second kappa shape index (κ2) is 9.03. The van der Waals surface area contributed by atoms with E-state index in [2.05, 4.69) is 0 Å². The zero-order valence-corrected chi connectivity index (χ0v) is 11.6. The first-order valence-electron chi connectivity index (χ1n) is 6.11. The van der Waals surface area contributed by atoms with Gasteiger partial charge >= 0.3 is 0 Å². The van der Waals surface area contributed by atoms with Crippen molar-refractivity contribution in [1.29, 1.82) is 0 Å². The number of hydrogen-bond acceptors (Lipinski definition) is 4. The van der Waals surface area contributed by atoms with Gasteiger partial charge in [-0.05, 0) is 32.4 Å². The molecule has 18 heavy (non-hydrogen) atoms. The minimum Gasteiger partial charge on any atom is -0.504 e. The highest BCUT2D eigenvalue weighted by molar-refractivity contribution is 5.85. The fourth-order valence-corrected chi connectivity index (χ4v) is 1.77. The number of phenolic OH excluding ortho intramolecular Hbond substituents is 1. The molecule has 0 unspecified atom stereocenters. The van der Waals surface area contributed by atoms with E-state index in [9.17, 15) is 5.11 Å². The van der Waals surface area contributed by atoms with E-state index in [-0.39, 0.29) is 24.2 Å². The van der Waals surface area contributed by atoms with Crippen LogP contribution in [0.25, 0.3) is 0 Å². The molecule has 0 saturated carbocycles. The normalized spacial score (nSPS) is 11.7. The lowest BCUT2D eigenvalue weighted by Crippen LogP contribution is -2.11. The van der Waals surface area contributed by atoms with E-state index >= 15 is 0 Å². The van der Waals surface area contributed by atoms with Gasteiger partial charge in [0.25, 0.3) is 0 Å². The van der Waals surface area contributed by atoms with Crippen LogP contribution in [-0.2, 0) is 0 Å². The van der Waals surface area contributed by atoms with Gasteiger partial charge in [-0.1, -0.05) is 18.6 Å². The van der Waals surface area contributed by atoms with E-state index in [1.165, 1.54) is 0 Å². The molecule has 0 spiro atoms. The van der Waals surface area contributed by atoms with Gasteiger partial charge in [0.1, 0.15) is 0 Å². The molecule has 1 aromatic rings. The zero-order valence-electron chi connectivity index (χ0n) is 10.8. The third-order valence-electron chi connectivity index (χ3n) is 2.70. The average Bonchev–Trinajstić information content (AvgIpc) is 2.32. The summed E-state index contributed by atoms with van der Waals surface area (Å²) in [5.74, 6) is 0.661. The third-order valence-corrected chi connectivity index (χ3v) is 2.70. The van der Waals surface area contributed by atoms with E-state index in [0.717, 1.165) is 24.8 Å². The van der Waals surface area contributed by atoms with Crippen molar-refractivity contribution in [1.82, 2.24) is 0 Å². The Morgan fingerprint density at radius 1 is 1.33 bits per heavy atom. The van der Waals surface area contributed by atoms with Crippen molar-refractivity contribution in [3.05, 3.63) is 23.8 Å². The minimum absolute atomic E-state index is 0. The Balaban J connectivity index is 0.00000289. The van der Waals surface area contributed by atoms with Gasteiger partial charge in [-0.15, -0.1) is 12.4 Å². The summed E-state index contributed by atoms with van der Waals surface area (Å²) < 4.78 is 5.33. The second-order valence-corrected chi connectivity index (χ2v) is 4.02. The highest BCUT2D eigenvalue weighted by atomic mass is 35.5. The Bertz CT molecular complexity index is 348. The van der Waals surface area contributed by atoms with Gasteiger partial charge in [0.15, 0.2) is 11.5 Å². The molecule has 0 aromatic heterocycles. The number of halogens is 1. The molecule has 0 bridgehead atoms.